The van der Waals surface area contributed by atoms with E-state index < -0.39 is 0 Å². The highest BCUT2D eigenvalue weighted by molar-refractivity contribution is 5.86. The standard InChI is InChI=1S/C20H30N2O/c1-7-12-22(20(4,5)6)13-11-17-15(3)21-19-10-9-16(23-8-2)14-18(17)19/h7,9-10,14,21H,1,8,11-13H2,2-6H3. The zero-order valence-corrected chi connectivity index (χ0v) is 15.2. The molecule has 126 valence electrons. The van der Waals surface area contributed by atoms with Crippen molar-refractivity contribution < 1.29 is 4.74 Å². The highest BCUT2D eigenvalue weighted by Crippen LogP contribution is 2.27. The van der Waals surface area contributed by atoms with Gasteiger partial charge in [-0.1, -0.05) is 6.08 Å². The molecule has 1 aromatic heterocycles. The molecular formula is C20H30N2O. The molecule has 0 bridgehead atoms. The minimum Gasteiger partial charge on any atom is -0.494 e. The second-order valence-electron chi connectivity index (χ2n) is 7.02. The third-order valence-corrected chi connectivity index (χ3v) is 4.33. The van der Waals surface area contributed by atoms with E-state index in [9.17, 15) is 0 Å². The first-order valence-corrected chi connectivity index (χ1v) is 8.46. The average Bonchev–Trinajstić information content (AvgIpc) is 2.78. The van der Waals surface area contributed by atoms with Crippen LogP contribution in [-0.2, 0) is 6.42 Å². The average molecular weight is 314 g/mol. The van der Waals surface area contributed by atoms with Crippen LogP contribution in [0.1, 0.15) is 39.0 Å². The van der Waals surface area contributed by atoms with Gasteiger partial charge in [0.05, 0.1) is 6.61 Å². The van der Waals surface area contributed by atoms with Crippen LogP contribution in [0.15, 0.2) is 30.9 Å². The molecule has 2 aromatic rings. The predicted octanol–water partition coefficient (Wildman–Crippen LogP) is 4.70. The lowest BCUT2D eigenvalue weighted by Crippen LogP contribution is -2.42. The first-order valence-electron chi connectivity index (χ1n) is 8.46. The summed E-state index contributed by atoms with van der Waals surface area (Å²) in [6, 6.07) is 6.30. The van der Waals surface area contributed by atoms with Gasteiger partial charge >= 0.3 is 0 Å². The molecule has 23 heavy (non-hydrogen) atoms. The number of aromatic nitrogens is 1. The third kappa shape index (κ3) is 4.17. The highest BCUT2D eigenvalue weighted by atomic mass is 16.5. The van der Waals surface area contributed by atoms with Crippen molar-refractivity contribution in [2.75, 3.05) is 19.7 Å². The van der Waals surface area contributed by atoms with Gasteiger partial charge in [0.2, 0.25) is 0 Å². The Labute approximate surface area is 140 Å². The van der Waals surface area contributed by atoms with E-state index in [2.05, 4.69) is 56.3 Å². The molecule has 3 heteroatoms. The quantitative estimate of drug-likeness (QED) is 0.750. The van der Waals surface area contributed by atoms with E-state index in [1.807, 2.05) is 19.1 Å². The maximum Gasteiger partial charge on any atom is 0.120 e. The summed E-state index contributed by atoms with van der Waals surface area (Å²) >= 11 is 0. The summed E-state index contributed by atoms with van der Waals surface area (Å²) in [7, 11) is 0. The molecule has 2 rings (SSSR count). The number of hydrogen-bond donors (Lipinski definition) is 1. The van der Waals surface area contributed by atoms with Crippen molar-refractivity contribution in [2.45, 2.75) is 46.6 Å². The van der Waals surface area contributed by atoms with Gasteiger partial charge < -0.3 is 9.72 Å². The number of rotatable bonds is 7. The number of aryl methyl sites for hydroxylation is 1. The fourth-order valence-corrected chi connectivity index (χ4v) is 3.04. The number of ether oxygens (including phenoxy) is 1. The van der Waals surface area contributed by atoms with Gasteiger partial charge in [-0.3, -0.25) is 4.90 Å². The van der Waals surface area contributed by atoms with Crippen molar-refractivity contribution in [1.82, 2.24) is 9.88 Å². The molecule has 0 aliphatic carbocycles. The molecule has 0 aliphatic heterocycles. The number of H-pyrrole nitrogens is 1. The van der Waals surface area contributed by atoms with Crippen LogP contribution < -0.4 is 4.74 Å². The van der Waals surface area contributed by atoms with E-state index in [0.717, 1.165) is 25.3 Å². The van der Waals surface area contributed by atoms with Crippen molar-refractivity contribution in [1.29, 1.82) is 0 Å². The number of nitrogens with zero attached hydrogens (tertiary/aromatic N) is 1. The lowest BCUT2D eigenvalue weighted by atomic mass is 10.0. The SMILES string of the molecule is C=CCN(CCc1c(C)[nH]c2ccc(OCC)cc12)C(C)(C)C. The van der Waals surface area contributed by atoms with Crippen LogP contribution in [0.4, 0.5) is 0 Å². The molecule has 0 radical (unpaired) electrons. The molecule has 0 fully saturated rings. The summed E-state index contributed by atoms with van der Waals surface area (Å²) in [6.45, 7) is 17.5. The van der Waals surface area contributed by atoms with Crippen molar-refractivity contribution in [3.63, 3.8) is 0 Å². The lowest BCUT2D eigenvalue weighted by Gasteiger charge is -2.34. The normalized spacial score (nSPS) is 12.1. The summed E-state index contributed by atoms with van der Waals surface area (Å²) in [5.74, 6) is 0.944. The molecule has 1 N–H and O–H groups in total. The van der Waals surface area contributed by atoms with E-state index in [0.29, 0.717) is 6.61 Å². The van der Waals surface area contributed by atoms with Crippen molar-refractivity contribution in [2.24, 2.45) is 0 Å². The zero-order valence-electron chi connectivity index (χ0n) is 15.2. The van der Waals surface area contributed by atoms with Crippen LogP contribution in [-0.4, -0.2) is 35.1 Å². The molecule has 0 amide bonds. The van der Waals surface area contributed by atoms with Crippen LogP contribution in [0.25, 0.3) is 10.9 Å². The summed E-state index contributed by atoms with van der Waals surface area (Å²) < 4.78 is 5.66. The van der Waals surface area contributed by atoms with E-state index >= 15 is 0 Å². The Kier molecular flexibility index (Phi) is 5.53. The first-order chi connectivity index (χ1) is 10.9. The predicted molar refractivity (Wildman–Crippen MR) is 99.4 cm³/mol. The van der Waals surface area contributed by atoms with Gasteiger partial charge in [-0.15, -0.1) is 6.58 Å². The van der Waals surface area contributed by atoms with E-state index in [4.69, 9.17) is 4.74 Å². The summed E-state index contributed by atoms with van der Waals surface area (Å²) in [5, 5.41) is 1.28. The Hall–Kier alpha value is -1.74. The summed E-state index contributed by atoms with van der Waals surface area (Å²) in [4.78, 5) is 5.96. The second-order valence-corrected chi connectivity index (χ2v) is 7.02. The second kappa shape index (κ2) is 7.22. The highest BCUT2D eigenvalue weighted by Gasteiger charge is 2.20. The monoisotopic (exact) mass is 314 g/mol. The van der Waals surface area contributed by atoms with Crippen LogP contribution in [0, 0.1) is 6.92 Å². The van der Waals surface area contributed by atoms with Crippen molar-refractivity contribution in [3.05, 3.63) is 42.1 Å². The smallest absolute Gasteiger partial charge is 0.120 e. The molecule has 0 saturated carbocycles. The summed E-state index contributed by atoms with van der Waals surface area (Å²) in [6.07, 6.45) is 3.01. The van der Waals surface area contributed by atoms with Crippen LogP contribution in [0.5, 0.6) is 5.75 Å². The van der Waals surface area contributed by atoms with Gasteiger partial charge in [-0.2, -0.15) is 0 Å². The molecule has 0 spiro atoms. The maximum atomic E-state index is 5.66. The van der Waals surface area contributed by atoms with Gasteiger partial charge in [-0.05, 0) is 64.8 Å². The Balaban J connectivity index is 2.26. The van der Waals surface area contributed by atoms with Gasteiger partial charge in [0.1, 0.15) is 5.75 Å². The van der Waals surface area contributed by atoms with Gasteiger partial charge in [-0.25, -0.2) is 0 Å². The lowest BCUT2D eigenvalue weighted by molar-refractivity contribution is 0.156. The third-order valence-electron chi connectivity index (χ3n) is 4.33. The number of hydrogen-bond acceptors (Lipinski definition) is 2. The topological polar surface area (TPSA) is 28.3 Å². The van der Waals surface area contributed by atoms with E-state index in [1.165, 1.54) is 22.2 Å². The number of fused-ring (bicyclic) bond motifs is 1. The number of aromatic amines is 1. The molecule has 0 atom stereocenters. The van der Waals surface area contributed by atoms with Crippen LogP contribution in [0.3, 0.4) is 0 Å². The molecule has 0 aliphatic rings. The Morgan fingerprint density at radius 1 is 1.30 bits per heavy atom. The van der Waals surface area contributed by atoms with Gasteiger partial charge in [0.15, 0.2) is 0 Å². The largest absolute Gasteiger partial charge is 0.494 e. The summed E-state index contributed by atoms with van der Waals surface area (Å²) in [5.41, 5.74) is 3.97. The first kappa shape index (κ1) is 17.6. The molecule has 0 unspecified atom stereocenters. The Bertz CT molecular complexity index is 664. The molecule has 3 nitrogen and oxygen atoms in total. The fraction of sp³-hybridized carbons (Fsp3) is 0.500. The van der Waals surface area contributed by atoms with Crippen molar-refractivity contribution in [3.8, 4) is 5.75 Å². The fourth-order valence-electron chi connectivity index (χ4n) is 3.04. The minimum absolute atomic E-state index is 0.144. The molecule has 1 aromatic carbocycles. The number of benzene rings is 1. The zero-order chi connectivity index (χ0) is 17.0. The van der Waals surface area contributed by atoms with E-state index in [-0.39, 0.29) is 5.54 Å². The van der Waals surface area contributed by atoms with Gasteiger partial charge in [0, 0.05) is 35.2 Å². The van der Waals surface area contributed by atoms with Crippen molar-refractivity contribution >= 4 is 10.9 Å². The maximum absolute atomic E-state index is 5.66. The van der Waals surface area contributed by atoms with Crippen LogP contribution >= 0.6 is 0 Å². The molecule has 0 saturated heterocycles. The Morgan fingerprint density at radius 3 is 2.65 bits per heavy atom. The number of nitrogens with one attached hydrogen (secondary N) is 1. The minimum atomic E-state index is 0.144. The van der Waals surface area contributed by atoms with Crippen LogP contribution in [0.2, 0.25) is 0 Å². The van der Waals surface area contributed by atoms with E-state index in [1.54, 1.807) is 0 Å². The molecule has 1 heterocycles. The molecular weight excluding hydrogens is 284 g/mol. The Morgan fingerprint density at radius 2 is 2.04 bits per heavy atom. The van der Waals surface area contributed by atoms with Gasteiger partial charge in [0.25, 0.3) is 0 Å².